The summed E-state index contributed by atoms with van der Waals surface area (Å²) in [6, 6.07) is 22.3. The van der Waals surface area contributed by atoms with E-state index in [1.807, 2.05) is 30.3 Å². The van der Waals surface area contributed by atoms with E-state index in [2.05, 4.69) is 59.8 Å². The molecule has 0 saturated heterocycles. The molecule has 1 heterocycles. The number of thioether (sulfide) groups is 1. The molecule has 29 heavy (non-hydrogen) atoms. The molecule has 0 unspecified atom stereocenters. The van der Waals surface area contributed by atoms with Gasteiger partial charge in [-0.1, -0.05) is 29.8 Å². The topological polar surface area (TPSA) is 41.6 Å². The predicted molar refractivity (Wildman–Crippen MR) is 120 cm³/mol. The van der Waals surface area contributed by atoms with Gasteiger partial charge < -0.3 is 15.0 Å². The molecule has 3 aromatic rings. The van der Waals surface area contributed by atoms with Gasteiger partial charge in [0, 0.05) is 22.7 Å². The number of hydrogen-bond donors (Lipinski definition) is 1. The van der Waals surface area contributed by atoms with Gasteiger partial charge in [-0.25, -0.2) is 0 Å². The Morgan fingerprint density at radius 2 is 1.83 bits per heavy atom. The second kappa shape index (κ2) is 8.62. The van der Waals surface area contributed by atoms with Crippen LogP contribution in [0.15, 0.2) is 71.6 Å². The molecule has 0 fully saturated rings. The minimum Gasteiger partial charge on any atom is -0.490 e. The van der Waals surface area contributed by atoms with E-state index in [9.17, 15) is 4.79 Å². The Balaban J connectivity index is 1.48. The normalized spacial score (nSPS) is 12.8. The third kappa shape index (κ3) is 4.40. The van der Waals surface area contributed by atoms with Crippen molar-refractivity contribution >= 4 is 29.0 Å². The Morgan fingerprint density at radius 1 is 1.07 bits per heavy atom. The van der Waals surface area contributed by atoms with E-state index in [1.54, 1.807) is 11.8 Å². The number of anilines is 2. The van der Waals surface area contributed by atoms with Gasteiger partial charge in [0.2, 0.25) is 0 Å². The summed E-state index contributed by atoms with van der Waals surface area (Å²) in [7, 11) is 0. The second-order valence-corrected chi connectivity index (χ2v) is 7.93. The number of nitrogens with one attached hydrogen (secondary N) is 1. The van der Waals surface area contributed by atoms with Crippen molar-refractivity contribution in [2.75, 3.05) is 24.3 Å². The predicted octanol–water partition coefficient (Wildman–Crippen LogP) is 5.18. The monoisotopic (exact) mass is 404 g/mol. The quantitative estimate of drug-likeness (QED) is 0.595. The highest BCUT2D eigenvalue weighted by atomic mass is 32.2. The highest BCUT2D eigenvalue weighted by Gasteiger charge is 2.21. The largest absolute Gasteiger partial charge is 0.490 e. The van der Waals surface area contributed by atoms with Crippen LogP contribution in [0.1, 0.15) is 21.5 Å². The molecule has 5 heteroatoms. The summed E-state index contributed by atoms with van der Waals surface area (Å²) in [5, 5.41) is 2.99. The van der Waals surface area contributed by atoms with Crippen LogP contribution >= 0.6 is 11.8 Å². The third-order valence-electron chi connectivity index (χ3n) is 5.04. The highest BCUT2D eigenvalue weighted by Crippen LogP contribution is 2.37. The van der Waals surface area contributed by atoms with E-state index in [1.165, 1.54) is 10.5 Å². The zero-order valence-electron chi connectivity index (χ0n) is 16.6. The van der Waals surface area contributed by atoms with Crippen molar-refractivity contribution in [3.8, 4) is 5.75 Å². The van der Waals surface area contributed by atoms with Gasteiger partial charge in [-0.15, -0.1) is 11.8 Å². The molecule has 1 amide bonds. The van der Waals surface area contributed by atoms with E-state index in [0.29, 0.717) is 18.7 Å². The van der Waals surface area contributed by atoms with Crippen molar-refractivity contribution in [2.24, 2.45) is 0 Å². The van der Waals surface area contributed by atoms with Gasteiger partial charge in [-0.05, 0) is 61.2 Å². The molecule has 0 aliphatic carbocycles. The minimum absolute atomic E-state index is 0.0993. The van der Waals surface area contributed by atoms with Gasteiger partial charge in [-0.2, -0.15) is 0 Å². The van der Waals surface area contributed by atoms with Crippen molar-refractivity contribution in [3.05, 3.63) is 83.4 Å². The van der Waals surface area contributed by atoms with Gasteiger partial charge in [0.1, 0.15) is 12.4 Å². The second-order valence-electron chi connectivity index (χ2n) is 7.05. The summed E-state index contributed by atoms with van der Waals surface area (Å²) in [4.78, 5) is 16.1. The molecule has 1 aliphatic heterocycles. The van der Waals surface area contributed by atoms with Gasteiger partial charge in [0.25, 0.3) is 5.91 Å². The average molecular weight is 405 g/mol. The van der Waals surface area contributed by atoms with E-state index >= 15 is 0 Å². The number of carbonyl (C=O) groups excluding carboxylic acids is 1. The van der Waals surface area contributed by atoms with Crippen molar-refractivity contribution in [2.45, 2.75) is 18.4 Å². The van der Waals surface area contributed by atoms with Crippen molar-refractivity contribution in [3.63, 3.8) is 0 Å². The zero-order chi connectivity index (χ0) is 20.2. The molecule has 3 aromatic carbocycles. The van der Waals surface area contributed by atoms with Crippen LogP contribution in [0.5, 0.6) is 5.75 Å². The summed E-state index contributed by atoms with van der Waals surface area (Å²) in [5.74, 6) is 0.645. The molecule has 0 saturated carbocycles. The lowest BCUT2D eigenvalue weighted by atomic mass is 10.1. The van der Waals surface area contributed by atoms with E-state index < -0.39 is 0 Å². The number of rotatable bonds is 5. The number of ether oxygens (including phenoxy) is 1. The summed E-state index contributed by atoms with van der Waals surface area (Å²) < 4.78 is 5.85. The van der Waals surface area contributed by atoms with E-state index in [-0.39, 0.29) is 5.91 Å². The van der Waals surface area contributed by atoms with Crippen LogP contribution in [-0.2, 0) is 6.54 Å². The first-order valence-corrected chi connectivity index (χ1v) is 10.9. The number of aryl methyl sites for hydroxylation is 1. The van der Waals surface area contributed by atoms with Crippen molar-refractivity contribution < 1.29 is 9.53 Å². The Morgan fingerprint density at radius 3 is 2.55 bits per heavy atom. The molecule has 4 rings (SSSR count). The third-order valence-corrected chi connectivity index (χ3v) is 5.79. The van der Waals surface area contributed by atoms with Crippen LogP contribution in [-0.4, -0.2) is 25.3 Å². The number of amides is 1. The lowest BCUT2D eigenvalue weighted by Crippen LogP contribution is -2.29. The summed E-state index contributed by atoms with van der Waals surface area (Å²) in [6.07, 6.45) is 2.05. The molecule has 0 aromatic heterocycles. The molecule has 4 nitrogen and oxygen atoms in total. The lowest BCUT2D eigenvalue weighted by Gasteiger charge is -2.31. The Kier molecular flexibility index (Phi) is 5.76. The Bertz CT molecular complexity index is 1000. The van der Waals surface area contributed by atoms with Crippen LogP contribution in [0.4, 0.5) is 11.4 Å². The van der Waals surface area contributed by atoms with Crippen LogP contribution in [0.3, 0.4) is 0 Å². The number of fused-ring (bicyclic) bond motifs is 1. The van der Waals surface area contributed by atoms with Gasteiger partial charge >= 0.3 is 0 Å². The molecule has 1 N–H and O–H groups in total. The van der Waals surface area contributed by atoms with Crippen LogP contribution in [0, 0.1) is 6.92 Å². The fourth-order valence-electron chi connectivity index (χ4n) is 3.38. The minimum atomic E-state index is -0.0993. The molecule has 0 atom stereocenters. The molecule has 0 spiro atoms. The number of benzene rings is 3. The SMILES string of the molecule is CSc1ccc(CNC(=O)c2ccc3c(c2)OCCN3c2ccc(C)cc2)cc1. The number of hydrogen-bond acceptors (Lipinski definition) is 4. The Hall–Kier alpha value is -2.92. The van der Waals surface area contributed by atoms with E-state index in [4.69, 9.17) is 4.74 Å². The van der Waals surface area contributed by atoms with Gasteiger partial charge in [0.05, 0.1) is 12.2 Å². The summed E-state index contributed by atoms with van der Waals surface area (Å²) in [5.41, 5.74) is 5.04. The fourth-order valence-corrected chi connectivity index (χ4v) is 3.79. The van der Waals surface area contributed by atoms with E-state index in [0.717, 1.165) is 29.2 Å². The fraction of sp³-hybridized carbons (Fsp3) is 0.208. The van der Waals surface area contributed by atoms with Crippen LogP contribution < -0.4 is 15.0 Å². The van der Waals surface area contributed by atoms with Gasteiger partial charge in [0.15, 0.2) is 0 Å². The highest BCUT2D eigenvalue weighted by molar-refractivity contribution is 7.98. The standard InChI is InChI=1S/C24H24N2O2S/c1-17-3-8-20(9-4-17)26-13-14-28-23-15-19(7-12-22(23)26)24(27)25-16-18-5-10-21(29-2)11-6-18/h3-12,15H,13-14,16H2,1-2H3,(H,25,27). The number of carbonyl (C=O) groups is 1. The summed E-state index contributed by atoms with van der Waals surface area (Å²) in [6.45, 7) is 3.96. The molecule has 1 aliphatic rings. The first-order valence-electron chi connectivity index (χ1n) is 9.66. The first kappa shape index (κ1) is 19.4. The molecular formula is C24H24N2O2S. The average Bonchev–Trinajstić information content (AvgIpc) is 2.77. The smallest absolute Gasteiger partial charge is 0.251 e. The van der Waals surface area contributed by atoms with Crippen LogP contribution in [0.2, 0.25) is 0 Å². The van der Waals surface area contributed by atoms with Gasteiger partial charge in [-0.3, -0.25) is 4.79 Å². The molecule has 0 radical (unpaired) electrons. The molecule has 148 valence electrons. The molecular weight excluding hydrogens is 380 g/mol. The van der Waals surface area contributed by atoms with Crippen LogP contribution in [0.25, 0.3) is 0 Å². The maximum Gasteiger partial charge on any atom is 0.251 e. The molecule has 0 bridgehead atoms. The summed E-state index contributed by atoms with van der Waals surface area (Å²) >= 11 is 1.71. The maximum absolute atomic E-state index is 12.6. The van der Waals surface area contributed by atoms with Crippen molar-refractivity contribution in [1.29, 1.82) is 0 Å². The zero-order valence-corrected chi connectivity index (χ0v) is 17.5. The number of nitrogens with zero attached hydrogens (tertiary/aromatic N) is 1. The van der Waals surface area contributed by atoms with Crippen molar-refractivity contribution in [1.82, 2.24) is 5.32 Å². The first-order chi connectivity index (χ1) is 14.1. The Labute approximate surface area is 175 Å². The maximum atomic E-state index is 12.6. The lowest BCUT2D eigenvalue weighted by molar-refractivity contribution is 0.0950.